The number of aliphatic hydroxyl groups excluding tert-OH is 5. The minimum atomic E-state index is -1.46. The highest BCUT2D eigenvalue weighted by Gasteiger charge is 2.43. The van der Waals surface area contributed by atoms with Crippen LogP contribution in [0, 0.1) is 0 Å². The highest BCUT2D eigenvalue weighted by atomic mass is 16.7. The minimum absolute atomic E-state index is 0.111. The summed E-state index contributed by atoms with van der Waals surface area (Å²) in [5.41, 5.74) is 2.03. The number of rotatable bonds is 8. The predicted octanol–water partition coefficient (Wildman–Crippen LogP) is -0.532. The van der Waals surface area contributed by atoms with E-state index >= 15 is 0 Å². The van der Waals surface area contributed by atoms with E-state index in [2.05, 4.69) is 6.08 Å². The van der Waals surface area contributed by atoms with Crippen molar-refractivity contribution in [1.29, 1.82) is 0 Å². The summed E-state index contributed by atoms with van der Waals surface area (Å²) in [5, 5.41) is 47.5. The Morgan fingerprint density at radius 2 is 1.74 bits per heavy atom. The van der Waals surface area contributed by atoms with E-state index in [-0.39, 0.29) is 13.2 Å². The molecule has 0 aromatic rings. The molecule has 0 spiro atoms. The zero-order valence-corrected chi connectivity index (χ0v) is 13.6. The van der Waals surface area contributed by atoms with Crippen molar-refractivity contribution in [3.63, 3.8) is 0 Å². The molecule has 1 saturated heterocycles. The zero-order valence-electron chi connectivity index (χ0n) is 13.6. The fourth-order valence-electron chi connectivity index (χ4n) is 2.30. The van der Waals surface area contributed by atoms with Crippen molar-refractivity contribution in [1.82, 2.24) is 0 Å². The van der Waals surface area contributed by atoms with E-state index in [0.29, 0.717) is 6.42 Å². The Bertz CT molecular complexity index is 401. The third-order valence-corrected chi connectivity index (χ3v) is 3.68. The highest BCUT2D eigenvalue weighted by molar-refractivity contribution is 5.06. The van der Waals surface area contributed by atoms with Gasteiger partial charge in [-0.2, -0.15) is 0 Å². The quantitative estimate of drug-likeness (QED) is 0.379. The fourth-order valence-corrected chi connectivity index (χ4v) is 2.30. The highest BCUT2D eigenvalue weighted by Crippen LogP contribution is 2.22. The molecule has 1 fully saturated rings. The van der Waals surface area contributed by atoms with Crippen LogP contribution < -0.4 is 0 Å². The maximum atomic E-state index is 9.89. The van der Waals surface area contributed by atoms with Gasteiger partial charge in [-0.1, -0.05) is 17.7 Å². The Morgan fingerprint density at radius 3 is 2.30 bits per heavy atom. The molecule has 0 bridgehead atoms. The summed E-state index contributed by atoms with van der Waals surface area (Å²) in [5.74, 6) is 0. The van der Waals surface area contributed by atoms with Crippen molar-refractivity contribution >= 4 is 0 Å². The molecule has 23 heavy (non-hydrogen) atoms. The first-order valence-electron chi connectivity index (χ1n) is 7.75. The van der Waals surface area contributed by atoms with Crippen molar-refractivity contribution in [2.45, 2.75) is 57.4 Å². The third kappa shape index (κ3) is 6.31. The number of hydrogen-bond acceptors (Lipinski definition) is 7. The van der Waals surface area contributed by atoms with E-state index in [1.54, 1.807) is 6.08 Å². The summed E-state index contributed by atoms with van der Waals surface area (Å²) in [6, 6.07) is 0. The zero-order chi connectivity index (χ0) is 17.4. The molecular weight excluding hydrogens is 304 g/mol. The first kappa shape index (κ1) is 20.2. The molecule has 134 valence electrons. The number of aliphatic hydroxyl groups is 5. The molecule has 7 nitrogen and oxygen atoms in total. The van der Waals surface area contributed by atoms with E-state index in [0.717, 1.165) is 12.0 Å². The van der Waals surface area contributed by atoms with Crippen molar-refractivity contribution in [2.75, 3.05) is 19.8 Å². The van der Waals surface area contributed by atoms with Crippen LogP contribution >= 0.6 is 0 Å². The molecule has 5 atom stereocenters. The molecule has 0 aromatic heterocycles. The van der Waals surface area contributed by atoms with Crippen LogP contribution in [-0.4, -0.2) is 76.1 Å². The largest absolute Gasteiger partial charge is 0.394 e. The smallest absolute Gasteiger partial charge is 0.187 e. The van der Waals surface area contributed by atoms with Crippen LogP contribution in [0.15, 0.2) is 23.3 Å². The summed E-state index contributed by atoms with van der Waals surface area (Å²) in [4.78, 5) is 0. The van der Waals surface area contributed by atoms with E-state index in [1.165, 1.54) is 5.57 Å². The average molecular weight is 332 g/mol. The summed E-state index contributed by atoms with van der Waals surface area (Å²) in [7, 11) is 0. The maximum absolute atomic E-state index is 9.89. The van der Waals surface area contributed by atoms with Gasteiger partial charge in [0.1, 0.15) is 24.4 Å². The Balaban J connectivity index is 2.58. The molecule has 0 radical (unpaired) electrons. The first-order chi connectivity index (χ1) is 10.9. The summed E-state index contributed by atoms with van der Waals surface area (Å²) < 4.78 is 10.7. The standard InChI is InChI=1S/C16H28O7/c1-10(2)4-3-5-11(6-7-17)9-22-16-15(21)14(20)13(19)12(8-18)23-16/h4,6,12-21H,3,5,7-9H2,1-2H3/b11-6+/t12-,13-,14+,15-,16-/m1/s1. The minimum Gasteiger partial charge on any atom is -0.394 e. The molecular formula is C16H28O7. The van der Waals surface area contributed by atoms with Gasteiger partial charge in [-0.25, -0.2) is 0 Å². The van der Waals surface area contributed by atoms with Gasteiger partial charge in [-0.3, -0.25) is 0 Å². The SMILES string of the molecule is CC(C)=CCC/C(=C\CO)CO[C@@H]1O[C@H](CO)[C@@H](O)[C@H](O)[C@H]1O. The van der Waals surface area contributed by atoms with Gasteiger partial charge in [-0.05, 0) is 32.3 Å². The van der Waals surface area contributed by atoms with Crippen LogP contribution in [0.3, 0.4) is 0 Å². The summed E-state index contributed by atoms with van der Waals surface area (Å²) in [6.45, 7) is 3.49. The molecule has 0 aliphatic carbocycles. The van der Waals surface area contributed by atoms with Crippen LogP contribution in [-0.2, 0) is 9.47 Å². The van der Waals surface area contributed by atoms with E-state index in [4.69, 9.17) is 19.7 Å². The summed E-state index contributed by atoms with van der Waals surface area (Å²) in [6.07, 6.45) is -1.25. The number of ether oxygens (including phenoxy) is 2. The van der Waals surface area contributed by atoms with Crippen molar-refractivity contribution < 1.29 is 35.0 Å². The molecule has 1 rings (SSSR count). The molecule has 1 aliphatic heterocycles. The van der Waals surface area contributed by atoms with Gasteiger partial charge >= 0.3 is 0 Å². The van der Waals surface area contributed by atoms with Crippen LogP contribution in [0.4, 0.5) is 0 Å². The lowest BCUT2D eigenvalue weighted by Crippen LogP contribution is -2.59. The van der Waals surface area contributed by atoms with Crippen LogP contribution in [0.1, 0.15) is 26.7 Å². The molecule has 0 amide bonds. The van der Waals surface area contributed by atoms with E-state index in [9.17, 15) is 15.3 Å². The molecule has 1 heterocycles. The Labute approximate surface area is 136 Å². The van der Waals surface area contributed by atoms with Gasteiger partial charge in [0.2, 0.25) is 0 Å². The average Bonchev–Trinajstić information content (AvgIpc) is 2.51. The Hall–Kier alpha value is -0.800. The maximum Gasteiger partial charge on any atom is 0.187 e. The van der Waals surface area contributed by atoms with Crippen molar-refractivity contribution in [3.8, 4) is 0 Å². The third-order valence-electron chi connectivity index (χ3n) is 3.68. The Kier molecular flexibility index (Phi) is 8.93. The normalized spacial score (nSPS) is 32.0. The molecule has 0 saturated carbocycles. The van der Waals surface area contributed by atoms with Gasteiger partial charge in [-0.15, -0.1) is 0 Å². The van der Waals surface area contributed by atoms with Gasteiger partial charge < -0.3 is 35.0 Å². The number of allylic oxidation sites excluding steroid dienone is 2. The van der Waals surface area contributed by atoms with Gasteiger partial charge in [0.15, 0.2) is 6.29 Å². The first-order valence-corrected chi connectivity index (χ1v) is 7.75. The lowest BCUT2D eigenvalue weighted by Gasteiger charge is -2.39. The second-order valence-electron chi connectivity index (χ2n) is 5.87. The van der Waals surface area contributed by atoms with E-state index < -0.39 is 37.3 Å². The van der Waals surface area contributed by atoms with Crippen molar-refractivity contribution in [2.24, 2.45) is 0 Å². The van der Waals surface area contributed by atoms with Gasteiger partial charge in [0, 0.05) is 0 Å². The topological polar surface area (TPSA) is 120 Å². The molecule has 1 aliphatic rings. The molecule has 5 N–H and O–H groups in total. The lowest BCUT2D eigenvalue weighted by atomic mass is 9.99. The van der Waals surface area contributed by atoms with E-state index in [1.807, 2.05) is 13.8 Å². The lowest BCUT2D eigenvalue weighted by molar-refractivity contribution is -0.299. The van der Waals surface area contributed by atoms with Crippen LogP contribution in [0.2, 0.25) is 0 Å². The molecule has 0 aromatic carbocycles. The second kappa shape index (κ2) is 10.1. The number of hydrogen-bond donors (Lipinski definition) is 5. The van der Waals surface area contributed by atoms with Crippen molar-refractivity contribution in [3.05, 3.63) is 23.3 Å². The Morgan fingerprint density at radius 1 is 1.04 bits per heavy atom. The molecule has 7 heteroatoms. The second-order valence-corrected chi connectivity index (χ2v) is 5.87. The van der Waals surface area contributed by atoms with Gasteiger partial charge in [0.05, 0.1) is 19.8 Å². The van der Waals surface area contributed by atoms with Crippen LogP contribution in [0.25, 0.3) is 0 Å². The molecule has 0 unspecified atom stereocenters. The van der Waals surface area contributed by atoms with Crippen LogP contribution in [0.5, 0.6) is 0 Å². The predicted molar refractivity (Wildman–Crippen MR) is 83.6 cm³/mol. The fraction of sp³-hybridized carbons (Fsp3) is 0.750. The summed E-state index contributed by atoms with van der Waals surface area (Å²) >= 11 is 0. The van der Waals surface area contributed by atoms with Gasteiger partial charge in [0.25, 0.3) is 0 Å². The monoisotopic (exact) mass is 332 g/mol.